The third-order valence-electron chi connectivity index (χ3n) is 4.75. The van der Waals surface area contributed by atoms with Crippen LogP contribution in [0.1, 0.15) is 47.4 Å². The number of carbonyl (C=O) groups excluding carboxylic acids is 1. The molecule has 2 heterocycles. The van der Waals surface area contributed by atoms with Gasteiger partial charge < -0.3 is 10.2 Å². The second kappa shape index (κ2) is 8.30. The molecule has 5 nitrogen and oxygen atoms in total. The van der Waals surface area contributed by atoms with Crippen molar-refractivity contribution in [3.63, 3.8) is 0 Å². The number of aryl methyl sites for hydroxylation is 2. The van der Waals surface area contributed by atoms with Crippen LogP contribution in [0.15, 0.2) is 30.3 Å². The third-order valence-corrected chi connectivity index (χ3v) is 4.75. The fourth-order valence-electron chi connectivity index (χ4n) is 3.46. The molecular formula is C20H28N4O. The number of aromatic nitrogens is 2. The van der Waals surface area contributed by atoms with Crippen molar-refractivity contribution in [3.05, 3.63) is 47.3 Å². The second-order valence-corrected chi connectivity index (χ2v) is 6.90. The van der Waals surface area contributed by atoms with E-state index >= 15 is 0 Å². The van der Waals surface area contributed by atoms with E-state index in [9.17, 15) is 4.79 Å². The zero-order valence-electron chi connectivity index (χ0n) is 15.3. The summed E-state index contributed by atoms with van der Waals surface area (Å²) in [5.41, 5.74) is 3.65. The molecule has 0 atom stereocenters. The summed E-state index contributed by atoms with van der Waals surface area (Å²) in [6, 6.07) is 9.68. The molecule has 25 heavy (non-hydrogen) atoms. The molecule has 0 aliphatic carbocycles. The molecule has 3 rings (SSSR count). The number of piperidine rings is 1. The molecule has 5 heteroatoms. The highest BCUT2D eigenvalue weighted by Gasteiger charge is 2.11. The number of nitrogens with one attached hydrogen (secondary N) is 1. The van der Waals surface area contributed by atoms with Gasteiger partial charge in [-0.15, -0.1) is 0 Å². The lowest BCUT2D eigenvalue weighted by atomic mass is 10.1. The minimum Gasteiger partial charge on any atom is -0.352 e. The largest absolute Gasteiger partial charge is 0.352 e. The Kier molecular flexibility index (Phi) is 5.87. The normalized spacial score (nSPS) is 15.3. The number of benzene rings is 1. The molecule has 1 aromatic heterocycles. The smallest absolute Gasteiger partial charge is 0.251 e. The Balaban J connectivity index is 1.53. The van der Waals surface area contributed by atoms with Crippen molar-refractivity contribution in [2.75, 3.05) is 26.2 Å². The molecule has 2 aromatic rings. The predicted octanol–water partition coefficient (Wildman–Crippen LogP) is 3.09. The zero-order chi connectivity index (χ0) is 17.6. The Hall–Kier alpha value is -2.14. The van der Waals surface area contributed by atoms with Gasteiger partial charge >= 0.3 is 0 Å². The summed E-state index contributed by atoms with van der Waals surface area (Å²) < 4.78 is 1.88. The van der Waals surface area contributed by atoms with Gasteiger partial charge in [0.25, 0.3) is 5.91 Å². The van der Waals surface area contributed by atoms with Crippen LogP contribution in [0, 0.1) is 13.8 Å². The first-order valence-electron chi connectivity index (χ1n) is 9.28. The lowest BCUT2D eigenvalue weighted by Crippen LogP contribution is -2.33. The number of nitrogens with zero attached hydrogens (tertiary/aromatic N) is 3. The lowest BCUT2D eigenvalue weighted by molar-refractivity contribution is 0.0951. The molecule has 1 saturated heterocycles. The van der Waals surface area contributed by atoms with E-state index in [4.69, 9.17) is 0 Å². The van der Waals surface area contributed by atoms with Gasteiger partial charge in [0.05, 0.1) is 11.4 Å². The summed E-state index contributed by atoms with van der Waals surface area (Å²) in [5.74, 6) is -0.0120. The molecule has 134 valence electrons. The SMILES string of the molecule is Cc1cc(C)n(-c2cccc(C(=O)NCCCN3CCCCC3)c2)n1. The maximum Gasteiger partial charge on any atom is 0.251 e. The zero-order valence-corrected chi connectivity index (χ0v) is 15.3. The third kappa shape index (κ3) is 4.69. The van der Waals surface area contributed by atoms with Crippen molar-refractivity contribution in [3.8, 4) is 5.69 Å². The van der Waals surface area contributed by atoms with E-state index in [-0.39, 0.29) is 5.91 Å². The average Bonchev–Trinajstić information content (AvgIpc) is 2.98. The van der Waals surface area contributed by atoms with Gasteiger partial charge in [-0.2, -0.15) is 5.10 Å². The van der Waals surface area contributed by atoms with E-state index in [1.54, 1.807) is 0 Å². The number of likely N-dealkylation sites (tertiary alicyclic amines) is 1. The molecule has 1 aromatic carbocycles. The maximum absolute atomic E-state index is 12.4. The molecule has 0 radical (unpaired) electrons. The van der Waals surface area contributed by atoms with Crippen LogP contribution in [-0.2, 0) is 0 Å². The Morgan fingerprint density at radius 3 is 2.68 bits per heavy atom. The van der Waals surface area contributed by atoms with E-state index in [0.29, 0.717) is 5.56 Å². The maximum atomic E-state index is 12.4. The van der Waals surface area contributed by atoms with Gasteiger partial charge in [-0.05, 0) is 77.0 Å². The number of rotatable bonds is 6. The first kappa shape index (κ1) is 17.7. The molecule has 1 amide bonds. The minimum absolute atomic E-state index is 0.0120. The van der Waals surface area contributed by atoms with Crippen LogP contribution >= 0.6 is 0 Å². The van der Waals surface area contributed by atoms with Gasteiger partial charge in [-0.3, -0.25) is 4.79 Å². The summed E-state index contributed by atoms with van der Waals surface area (Å²) in [5, 5.41) is 7.53. The van der Waals surface area contributed by atoms with Crippen LogP contribution in [0.25, 0.3) is 5.69 Å². The molecule has 0 bridgehead atoms. The molecule has 1 N–H and O–H groups in total. The van der Waals surface area contributed by atoms with Gasteiger partial charge in [0.1, 0.15) is 0 Å². The summed E-state index contributed by atoms with van der Waals surface area (Å²) in [6.07, 6.45) is 4.98. The van der Waals surface area contributed by atoms with Crippen molar-refractivity contribution in [2.45, 2.75) is 39.5 Å². The Morgan fingerprint density at radius 1 is 1.16 bits per heavy atom. The highest BCUT2D eigenvalue weighted by atomic mass is 16.1. The minimum atomic E-state index is -0.0120. The Morgan fingerprint density at radius 2 is 1.96 bits per heavy atom. The summed E-state index contributed by atoms with van der Waals surface area (Å²) in [7, 11) is 0. The molecule has 0 unspecified atom stereocenters. The van der Waals surface area contributed by atoms with Crippen molar-refractivity contribution in [2.24, 2.45) is 0 Å². The van der Waals surface area contributed by atoms with E-state index in [2.05, 4.69) is 15.3 Å². The molecule has 1 aliphatic rings. The first-order valence-corrected chi connectivity index (χ1v) is 9.28. The predicted molar refractivity (Wildman–Crippen MR) is 100 cm³/mol. The molecule has 1 aliphatic heterocycles. The molecule has 0 spiro atoms. The van der Waals surface area contributed by atoms with Crippen LogP contribution in [0.5, 0.6) is 0 Å². The average molecular weight is 340 g/mol. The first-order chi connectivity index (χ1) is 12.1. The quantitative estimate of drug-likeness (QED) is 0.822. The highest BCUT2D eigenvalue weighted by Crippen LogP contribution is 2.14. The van der Waals surface area contributed by atoms with Crippen LogP contribution < -0.4 is 5.32 Å². The van der Waals surface area contributed by atoms with E-state index in [0.717, 1.165) is 36.6 Å². The van der Waals surface area contributed by atoms with Gasteiger partial charge in [0, 0.05) is 17.8 Å². The number of hydrogen-bond donors (Lipinski definition) is 1. The Labute approximate surface area is 150 Å². The van der Waals surface area contributed by atoms with Gasteiger partial charge in [-0.1, -0.05) is 12.5 Å². The van der Waals surface area contributed by atoms with E-state index < -0.39 is 0 Å². The summed E-state index contributed by atoms with van der Waals surface area (Å²) in [6.45, 7) is 8.21. The van der Waals surface area contributed by atoms with Gasteiger partial charge in [0.2, 0.25) is 0 Å². The van der Waals surface area contributed by atoms with Crippen molar-refractivity contribution in [1.82, 2.24) is 20.0 Å². The van der Waals surface area contributed by atoms with Crippen molar-refractivity contribution >= 4 is 5.91 Å². The van der Waals surface area contributed by atoms with Crippen LogP contribution in [0.2, 0.25) is 0 Å². The topological polar surface area (TPSA) is 50.2 Å². The van der Waals surface area contributed by atoms with Crippen LogP contribution in [0.4, 0.5) is 0 Å². The highest BCUT2D eigenvalue weighted by molar-refractivity contribution is 5.94. The van der Waals surface area contributed by atoms with E-state index in [1.165, 1.54) is 32.4 Å². The van der Waals surface area contributed by atoms with Crippen molar-refractivity contribution < 1.29 is 4.79 Å². The number of hydrogen-bond acceptors (Lipinski definition) is 3. The fourth-order valence-corrected chi connectivity index (χ4v) is 3.46. The number of carbonyl (C=O) groups is 1. The Bertz CT molecular complexity index is 716. The van der Waals surface area contributed by atoms with E-state index in [1.807, 2.05) is 48.9 Å². The number of amides is 1. The molecule has 0 saturated carbocycles. The van der Waals surface area contributed by atoms with Crippen molar-refractivity contribution in [1.29, 1.82) is 0 Å². The summed E-state index contributed by atoms with van der Waals surface area (Å²) >= 11 is 0. The van der Waals surface area contributed by atoms with Crippen LogP contribution in [0.3, 0.4) is 0 Å². The lowest BCUT2D eigenvalue weighted by Gasteiger charge is -2.26. The fraction of sp³-hybridized carbons (Fsp3) is 0.500. The summed E-state index contributed by atoms with van der Waals surface area (Å²) in [4.78, 5) is 14.9. The molecule has 1 fully saturated rings. The second-order valence-electron chi connectivity index (χ2n) is 6.90. The van der Waals surface area contributed by atoms with Crippen LogP contribution in [-0.4, -0.2) is 46.8 Å². The monoisotopic (exact) mass is 340 g/mol. The van der Waals surface area contributed by atoms with Gasteiger partial charge in [-0.25, -0.2) is 4.68 Å². The van der Waals surface area contributed by atoms with Gasteiger partial charge in [0.15, 0.2) is 0 Å². The standard InChI is InChI=1S/C20H28N4O/c1-16-14-17(2)24(22-16)19-9-6-8-18(15-19)20(25)21-10-7-13-23-11-4-3-5-12-23/h6,8-9,14-15H,3-5,7,10-13H2,1-2H3,(H,21,25). The molecular weight excluding hydrogens is 312 g/mol.